The Labute approximate surface area is 774 Å². The minimum absolute atomic E-state index is 0.0102. The molecule has 10 unspecified atom stereocenters. The fraction of sp³-hybridized carbons (Fsp3) is 0.609. The number of ether oxygens (including phenoxy) is 19. The van der Waals surface area contributed by atoms with Crippen molar-refractivity contribution in [1.29, 1.82) is 0 Å². The van der Waals surface area contributed by atoms with Crippen LogP contribution in [-0.4, -0.2) is 300 Å². The number of halogens is 5. The minimum Gasteiger partial charge on any atom is -0.494 e. The van der Waals surface area contributed by atoms with Gasteiger partial charge in [-0.05, 0) is 131 Å². The lowest BCUT2D eigenvalue weighted by molar-refractivity contribution is -0.215. The number of Topliss-reactive ketones (excluding diaryl/α,β-unsaturated/α-hetero) is 1. The molecule has 37 heteroatoms. The fourth-order valence-electron chi connectivity index (χ4n) is 11.6. The summed E-state index contributed by atoms with van der Waals surface area (Å²) >= 11 is 18.8. The standard InChI is InChI=1S/C15H24BrNO6.C15H22BrNO4.C14H20BrNO6.C14H20BrNO3.C7H14O.C6H12O2.C6H12O.C5H9ClO.C4H8O2.CO2/c1-9-10(16)6-17-12(13(9)21-3)14(22-4)15(23-5,8-20-2)11(19)7-18;1-7-15(21-6,9-18-3)14(20-5)12-13(19-4)10(2)11(16)8-17-12;1-19-7-14(22-4)9(17)6-16-5-8(15)11(18)12(20-2)10(16)13(14)21-3;1-6-14(3,8-18-4)13(17)11-12(19-5)9(2)10(15)7-16-11;1-4-5-7(2)6-8-3;1-6(3-4-7)5-8-2;1-4-6(2)5-7-3;1-7-5-3-2-4-6;1-4(5)3-6-2;2-1-3/h6,11,14,18-19H,7-8H2,1-5H3;7-8,14H,1,9H2,2-6H3;5,9,13,17H,6-7H2,1-4H3;6-7,13,17H,1,8H2,2-5H3;5H,4,6H2,1-3H3;3,7H,4-5H2,1-2H3;4H,5H2,1-3H3;2-3H,4-5H2,1H3;3H2,1-2H3;. The number of nitrogens with zero attached hydrogens (tertiary/aromatic N) is 4. The number of carbonyl (C=O) groups is 1. The van der Waals surface area contributed by atoms with Crippen LogP contribution in [0.25, 0.3) is 0 Å². The van der Waals surface area contributed by atoms with Crippen molar-refractivity contribution in [3.63, 3.8) is 0 Å². The van der Waals surface area contributed by atoms with Gasteiger partial charge in [0.1, 0.15) is 83.2 Å². The summed E-state index contributed by atoms with van der Waals surface area (Å²) in [5.74, 6) is 2.53. The lowest BCUT2D eigenvalue weighted by atomic mass is 9.83. The molecule has 0 spiro atoms. The third-order valence-corrected chi connectivity index (χ3v) is 21.3. The number of rotatable bonds is 41. The Morgan fingerprint density at radius 3 is 1.38 bits per heavy atom. The highest BCUT2D eigenvalue weighted by molar-refractivity contribution is 9.11. The molecule has 4 aromatic heterocycles. The molecule has 712 valence electrons. The van der Waals surface area contributed by atoms with Gasteiger partial charge in [0.15, 0.2) is 22.7 Å². The molecule has 5 heterocycles. The first kappa shape index (κ1) is 127. The number of allylic oxidation sites excluding steroid dienone is 3. The molecule has 0 amide bonds. The monoisotopic (exact) mass is 2040 g/mol. The van der Waals surface area contributed by atoms with Crippen LogP contribution < -0.4 is 24.4 Å². The highest BCUT2D eigenvalue weighted by Gasteiger charge is 2.53. The van der Waals surface area contributed by atoms with E-state index in [9.17, 15) is 30.0 Å². The van der Waals surface area contributed by atoms with E-state index in [1.807, 2.05) is 66.7 Å². The van der Waals surface area contributed by atoms with Crippen LogP contribution >= 0.6 is 75.3 Å². The van der Waals surface area contributed by atoms with E-state index in [-0.39, 0.29) is 62.7 Å². The van der Waals surface area contributed by atoms with Crippen molar-refractivity contribution >= 4 is 87.3 Å². The molecule has 4 aromatic rings. The highest BCUT2D eigenvalue weighted by atomic mass is 79.9. The molecule has 0 saturated carbocycles. The van der Waals surface area contributed by atoms with E-state index in [1.54, 1.807) is 119 Å². The summed E-state index contributed by atoms with van der Waals surface area (Å²) in [5.41, 5.74) is 4.18. The molecule has 0 fully saturated rings. The molecule has 0 aromatic carbocycles. The molecular weight excluding hydrogens is 1900 g/mol. The predicted molar refractivity (Wildman–Crippen MR) is 492 cm³/mol. The Morgan fingerprint density at radius 1 is 0.613 bits per heavy atom. The predicted octanol–water partition coefficient (Wildman–Crippen LogP) is 13.3. The van der Waals surface area contributed by atoms with Crippen molar-refractivity contribution in [1.82, 2.24) is 19.5 Å². The molecule has 5 N–H and O–H groups in total. The van der Waals surface area contributed by atoms with E-state index in [0.29, 0.717) is 70.2 Å². The van der Waals surface area contributed by atoms with Gasteiger partial charge in [0.05, 0.1) is 111 Å². The Hall–Kier alpha value is -5.50. The summed E-state index contributed by atoms with van der Waals surface area (Å²) in [6.07, 6.45) is 16.0. The van der Waals surface area contributed by atoms with Crippen molar-refractivity contribution in [2.75, 3.05) is 214 Å². The third kappa shape index (κ3) is 41.9. The number of aliphatic hydroxyl groups is 5. The van der Waals surface area contributed by atoms with E-state index >= 15 is 0 Å². The lowest BCUT2D eigenvalue weighted by Crippen LogP contribution is -2.58. The van der Waals surface area contributed by atoms with Crippen LogP contribution in [0.3, 0.4) is 0 Å². The summed E-state index contributed by atoms with van der Waals surface area (Å²) < 4.78 is 104. The van der Waals surface area contributed by atoms with Gasteiger partial charge < -0.3 is 120 Å². The zero-order valence-electron chi connectivity index (χ0n) is 77.9. The second-order valence-electron chi connectivity index (χ2n) is 26.8. The van der Waals surface area contributed by atoms with Crippen molar-refractivity contribution < 1.29 is 130 Å². The molecule has 0 saturated heterocycles. The van der Waals surface area contributed by atoms with Gasteiger partial charge >= 0.3 is 6.15 Å². The van der Waals surface area contributed by atoms with E-state index in [2.05, 4.69) is 116 Å². The lowest BCUT2D eigenvalue weighted by Gasteiger charge is -2.46. The first-order valence-electron chi connectivity index (χ1n) is 38.2. The molecule has 124 heavy (non-hydrogen) atoms. The number of hydrogen-bond donors (Lipinski definition) is 5. The van der Waals surface area contributed by atoms with Gasteiger partial charge in [-0.3, -0.25) is 24.5 Å². The van der Waals surface area contributed by atoms with Crippen molar-refractivity contribution in [3.8, 4) is 23.0 Å². The first-order chi connectivity index (χ1) is 58.8. The summed E-state index contributed by atoms with van der Waals surface area (Å²) in [7, 11) is 29.5. The van der Waals surface area contributed by atoms with Crippen LogP contribution in [-0.2, 0) is 92.0 Å². The van der Waals surface area contributed by atoms with Gasteiger partial charge in [-0.1, -0.05) is 67.5 Å². The Bertz CT molecular complexity index is 3800. The van der Waals surface area contributed by atoms with Gasteiger partial charge in [0.25, 0.3) is 0 Å². The van der Waals surface area contributed by atoms with E-state index in [4.69, 9.17) is 112 Å². The summed E-state index contributed by atoms with van der Waals surface area (Å²) in [5, 5.41) is 49.3. The number of ketones is 1. The van der Waals surface area contributed by atoms with Crippen LogP contribution in [0.15, 0.2) is 120 Å². The van der Waals surface area contributed by atoms with E-state index in [1.165, 1.54) is 82.1 Å². The Balaban J connectivity index is -0.000000444. The van der Waals surface area contributed by atoms with Gasteiger partial charge in [-0.25, -0.2) is 0 Å². The van der Waals surface area contributed by atoms with Crippen LogP contribution in [0, 0.1) is 26.2 Å². The van der Waals surface area contributed by atoms with Crippen LogP contribution in [0.2, 0.25) is 0 Å². The normalized spacial score (nSPS) is 16.3. The average Bonchev–Trinajstić information content (AvgIpc) is 0.734. The van der Waals surface area contributed by atoms with Crippen molar-refractivity contribution in [2.24, 2.45) is 5.41 Å². The molecule has 1 aliphatic heterocycles. The molecule has 0 radical (unpaired) electrons. The van der Waals surface area contributed by atoms with Gasteiger partial charge in [-0.15, -0.1) is 24.8 Å². The smallest absolute Gasteiger partial charge is 0.373 e. The first-order valence-corrected chi connectivity index (χ1v) is 41.9. The molecule has 5 rings (SSSR count). The molecule has 0 aliphatic carbocycles. The SMILES string of the molecule is C=CC(C)(COC)C(O)c1ncc(Br)c(C)c1OC.C=CC(COC)(OC)C(OC)c1ncc(Br)c(C)c1OC.CC=C(C)COC.CCC=C(C)COC.COCC(C)=CCO.COCC(C)=O.COCC(OC)(C(O)CO)C(OC)c1ncc(Br)c(C)c1OC.COCC1(OC)C(O)Cn2cc(Br)c(=O)c(OC)c2C1OC.COCC=CCCl.O=C=O. The topological polar surface area (TPSA) is 388 Å². The molecule has 32 nitrogen and oxygen atoms in total. The van der Waals surface area contributed by atoms with Crippen LogP contribution in [0.1, 0.15) is 119 Å². The maximum atomic E-state index is 12.3. The number of pyridine rings is 4. The van der Waals surface area contributed by atoms with Gasteiger partial charge in [0.2, 0.25) is 5.43 Å². The van der Waals surface area contributed by atoms with Crippen LogP contribution in [0.5, 0.6) is 23.0 Å². The summed E-state index contributed by atoms with van der Waals surface area (Å²) in [4.78, 5) is 51.6. The van der Waals surface area contributed by atoms with Crippen molar-refractivity contribution in [2.45, 2.75) is 136 Å². The molecule has 1 aliphatic rings. The number of aliphatic hydroxyl groups excluding tert-OH is 5. The minimum atomic E-state index is -1.35. The third-order valence-electron chi connectivity index (χ3n) is 18.1. The second-order valence-corrected chi connectivity index (χ2v) is 30.6. The second kappa shape index (κ2) is 73.3. The largest absolute Gasteiger partial charge is 0.494 e. The molecule has 0 bridgehead atoms. The van der Waals surface area contributed by atoms with Gasteiger partial charge in [0, 0.05) is 173 Å². The zero-order chi connectivity index (χ0) is 96.5. The van der Waals surface area contributed by atoms with E-state index < -0.39 is 65.4 Å². The van der Waals surface area contributed by atoms with Crippen molar-refractivity contribution in [3.05, 3.63) is 165 Å². The number of aromatic nitrogens is 4. The molecule has 10 atom stereocenters. The molecular formula is C87H141Br4ClN4O28. The number of hydrogen-bond acceptors (Lipinski definition) is 31. The number of fused-ring (bicyclic) bond motifs is 1. The van der Waals surface area contributed by atoms with Gasteiger partial charge in [-0.2, -0.15) is 9.59 Å². The van der Waals surface area contributed by atoms with Crippen LogP contribution in [0.4, 0.5) is 0 Å². The fourth-order valence-corrected chi connectivity index (χ4v) is 13.0. The summed E-state index contributed by atoms with van der Waals surface area (Å²) in [6.45, 7) is 30.4. The Morgan fingerprint density at radius 2 is 1.06 bits per heavy atom. The number of carbonyl (C=O) groups excluding carboxylic acids is 3. The zero-order valence-corrected chi connectivity index (χ0v) is 85.0. The Kier molecular flexibility index (Phi) is 75.1. The van der Waals surface area contributed by atoms with E-state index in [0.717, 1.165) is 55.3 Å². The maximum Gasteiger partial charge on any atom is 0.373 e. The maximum absolute atomic E-state index is 12.3. The number of methoxy groups -OCH3 is 19. The average molecular weight is 2050 g/mol. The summed E-state index contributed by atoms with van der Waals surface area (Å²) in [6, 6.07) is 0. The quantitative estimate of drug-likeness (QED) is 0.0203. The highest BCUT2D eigenvalue weighted by Crippen LogP contribution is 2.46. The number of alkyl halides is 1.